The maximum atomic E-state index is 11.9. The second-order valence-corrected chi connectivity index (χ2v) is 5.07. The van der Waals surface area contributed by atoms with Crippen molar-refractivity contribution in [3.63, 3.8) is 0 Å². The van der Waals surface area contributed by atoms with E-state index in [1.807, 2.05) is 31.2 Å². The molecule has 3 atom stereocenters. The van der Waals surface area contributed by atoms with Crippen molar-refractivity contribution in [2.24, 2.45) is 5.92 Å². The Hall–Kier alpha value is -1.55. The third kappa shape index (κ3) is 1.16. The van der Waals surface area contributed by atoms with E-state index >= 15 is 0 Å². The first-order valence-electron chi connectivity index (χ1n) is 6.07. The van der Waals surface area contributed by atoms with Gasteiger partial charge in [0.1, 0.15) is 11.4 Å². The number of hydrogen-bond acceptors (Lipinski definition) is 4. The smallest absolute Gasteiger partial charge is 0.341 e. The number of hydrogen-bond donors (Lipinski definition) is 0. The van der Waals surface area contributed by atoms with Crippen molar-refractivity contribution in [1.29, 1.82) is 0 Å². The van der Waals surface area contributed by atoms with Crippen molar-refractivity contribution in [1.82, 2.24) is 0 Å². The summed E-state index contributed by atoms with van der Waals surface area (Å²) in [5.74, 6) is 0.575. The highest BCUT2D eigenvalue weighted by molar-refractivity contribution is 5.85. The average molecular weight is 248 g/mol. The topological polar surface area (TPSA) is 48.1 Å². The number of carbonyl (C=O) groups is 1. The van der Waals surface area contributed by atoms with E-state index in [9.17, 15) is 4.79 Å². The number of benzene rings is 1. The summed E-state index contributed by atoms with van der Waals surface area (Å²) in [6.07, 6.45) is 0. The van der Waals surface area contributed by atoms with E-state index in [2.05, 4.69) is 0 Å². The maximum Gasteiger partial charge on any atom is 0.341 e. The average Bonchev–Trinajstić information content (AvgIpc) is 3.03. The number of ether oxygens (including phenoxy) is 3. The predicted octanol–water partition coefficient (Wildman–Crippen LogP) is 1.87. The largest absolute Gasteiger partial charge is 0.493 e. The third-order valence-corrected chi connectivity index (χ3v) is 4.08. The molecule has 0 N–H and O–H groups in total. The molecule has 2 heterocycles. The van der Waals surface area contributed by atoms with Gasteiger partial charge in [-0.3, -0.25) is 0 Å². The molecule has 0 aliphatic carbocycles. The van der Waals surface area contributed by atoms with Crippen LogP contribution in [0.1, 0.15) is 19.4 Å². The molecule has 1 aromatic rings. The Balaban J connectivity index is 2.11. The number of esters is 1. The Labute approximate surface area is 106 Å². The van der Waals surface area contributed by atoms with Crippen LogP contribution in [-0.2, 0) is 19.9 Å². The van der Waals surface area contributed by atoms with Crippen molar-refractivity contribution in [3.8, 4) is 5.75 Å². The summed E-state index contributed by atoms with van der Waals surface area (Å²) >= 11 is 0. The molecule has 2 aliphatic rings. The summed E-state index contributed by atoms with van der Waals surface area (Å²) in [6.45, 7) is 4.37. The molecular formula is C14H16O4. The van der Waals surface area contributed by atoms with Gasteiger partial charge in [-0.05, 0) is 13.0 Å². The minimum atomic E-state index is -0.902. The van der Waals surface area contributed by atoms with Crippen LogP contribution in [0.15, 0.2) is 24.3 Å². The van der Waals surface area contributed by atoms with Crippen LogP contribution in [0.5, 0.6) is 5.75 Å². The standard InChI is InChI=1S/C14H16O4/c1-9-8-17-11-7-5-4-6-10(11)14(9)13(2,18-14)12(15)16-3/h4-7,9H,8H2,1-3H3. The van der Waals surface area contributed by atoms with Gasteiger partial charge in [0.25, 0.3) is 0 Å². The lowest BCUT2D eigenvalue weighted by Crippen LogP contribution is -2.40. The zero-order valence-corrected chi connectivity index (χ0v) is 10.7. The van der Waals surface area contributed by atoms with E-state index < -0.39 is 11.2 Å². The Morgan fingerprint density at radius 1 is 1.44 bits per heavy atom. The van der Waals surface area contributed by atoms with Gasteiger partial charge in [-0.1, -0.05) is 25.1 Å². The summed E-state index contributed by atoms with van der Waals surface area (Å²) in [4.78, 5) is 11.9. The molecule has 1 fully saturated rings. The minimum absolute atomic E-state index is 0.108. The molecule has 0 saturated carbocycles. The normalized spacial score (nSPS) is 36.7. The molecular weight excluding hydrogens is 232 g/mol. The van der Waals surface area contributed by atoms with E-state index in [0.29, 0.717) is 6.61 Å². The Kier molecular flexibility index (Phi) is 2.23. The first-order chi connectivity index (χ1) is 8.56. The Bertz CT molecular complexity index is 512. The van der Waals surface area contributed by atoms with Gasteiger partial charge < -0.3 is 14.2 Å². The second-order valence-electron chi connectivity index (χ2n) is 5.07. The molecule has 4 heteroatoms. The lowest BCUT2D eigenvalue weighted by molar-refractivity contribution is -0.146. The van der Waals surface area contributed by atoms with Gasteiger partial charge in [0.15, 0.2) is 5.60 Å². The summed E-state index contributed by atoms with van der Waals surface area (Å²) in [6, 6.07) is 7.71. The molecule has 0 aromatic heterocycles. The van der Waals surface area contributed by atoms with Crippen LogP contribution in [0.2, 0.25) is 0 Å². The number of para-hydroxylation sites is 1. The van der Waals surface area contributed by atoms with Crippen LogP contribution in [0, 0.1) is 5.92 Å². The molecule has 3 unspecified atom stereocenters. The van der Waals surface area contributed by atoms with Crippen molar-refractivity contribution in [2.75, 3.05) is 13.7 Å². The van der Waals surface area contributed by atoms with Gasteiger partial charge >= 0.3 is 5.97 Å². The van der Waals surface area contributed by atoms with E-state index in [4.69, 9.17) is 14.2 Å². The van der Waals surface area contributed by atoms with Crippen molar-refractivity contribution in [2.45, 2.75) is 25.0 Å². The van der Waals surface area contributed by atoms with E-state index in [1.54, 1.807) is 6.92 Å². The zero-order valence-electron chi connectivity index (χ0n) is 10.7. The van der Waals surface area contributed by atoms with Gasteiger partial charge in [0.2, 0.25) is 0 Å². The summed E-state index contributed by atoms with van der Waals surface area (Å²) in [5, 5.41) is 0. The fourth-order valence-electron chi connectivity index (χ4n) is 3.06. The maximum absolute atomic E-state index is 11.9. The third-order valence-electron chi connectivity index (χ3n) is 4.08. The quantitative estimate of drug-likeness (QED) is 0.562. The molecule has 18 heavy (non-hydrogen) atoms. The lowest BCUT2D eigenvalue weighted by Gasteiger charge is -2.30. The van der Waals surface area contributed by atoms with Crippen LogP contribution in [0.4, 0.5) is 0 Å². The fraction of sp³-hybridized carbons (Fsp3) is 0.500. The van der Waals surface area contributed by atoms with Crippen LogP contribution in [0.3, 0.4) is 0 Å². The fourth-order valence-corrected chi connectivity index (χ4v) is 3.06. The molecule has 0 radical (unpaired) electrons. The van der Waals surface area contributed by atoms with Crippen molar-refractivity contribution < 1.29 is 19.0 Å². The molecule has 1 spiro atoms. The van der Waals surface area contributed by atoms with E-state index in [1.165, 1.54) is 7.11 Å². The summed E-state index contributed by atoms with van der Waals surface area (Å²) < 4.78 is 16.4. The van der Waals surface area contributed by atoms with E-state index in [-0.39, 0.29) is 11.9 Å². The molecule has 96 valence electrons. The van der Waals surface area contributed by atoms with Crippen LogP contribution < -0.4 is 4.74 Å². The highest BCUT2D eigenvalue weighted by atomic mass is 16.7. The molecule has 0 bridgehead atoms. The molecule has 2 aliphatic heterocycles. The Morgan fingerprint density at radius 3 is 2.89 bits per heavy atom. The second kappa shape index (κ2) is 3.48. The first-order valence-corrected chi connectivity index (χ1v) is 6.07. The van der Waals surface area contributed by atoms with Crippen molar-refractivity contribution in [3.05, 3.63) is 29.8 Å². The predicted molar refractivity (Wildman–Crippen MR) is 64.3 cm³/mol. The number of epoxide rings is 1. The first kappa shape index (κ1) is 11.5. The zero-order chi connectivity index (χ0) is 13.0. The monoisotopic (exact) mass is 248 g/mol. The molecule has 3 rings (SSSR count). The summed E-state index contributed by atoms with van der Waals surface area (Å²) in [7, 11) is 1.39. The lowest BCUT2D eigenvalue weighted by atomic mass is 9.76. The van der Waals surface area contributed by atoms with Gasteiger partial charge in [-0.15, -0.1) is 0 Å². The molecule has 1 saturated heterocycles. The van der Waals surface area contributed by atoms with Gasteiger partial charge in [0, 0.05) is 11.5 Å². The van der Waals surface area contributed by atoms with Gasteiger partial charge in [-0.25, -0.2) is 4.79 Å². The van der Waals surface area contributed by atoms with Crippen molar-refractivity contribution >= 4 is 5.97 Å². The number of methoxy groups -OCH3 is 1. The summed E-state index contributed by atoms with van der Waals surface area (Å²) in [5.41, 5.74) is -0.563. The number of rotatable bonds is 1. The molecule has 0 amide bonds. The minimum Gasteiger partial charge on any atom is -0.493 e. The van der Waals surface area contributed by atoms with Crippen LogP contribution in [0.25, 0.3) is 0 Å². The van der Waals surface area contributed by atoms with E-state index in [0.717, 1.165) is 11.3 Å². The Morgan fingerprint density at radius 2 is 2.17 bits per heavy atom. The van der Waals surface area contributed by atoms with Gasteiger partial charge in [0.05, 0.1) is 13.7 Å². The SMILES string of the molecule is COC(=O)C1(C)OC12c1ccccc1OCC2C. The van der Waals surface area contributed by atoms with Gasteiger partial charge in [-0.2, -0.15) is 0 Å². The molecule has 4 nitrogen and oxygen atoms in total. The highest BCUT2D eigenvalue weighted by Crippen LogP contribution is 2.64. The molecule has 1 aromatic carbocycles. The number of carbonyl (C=O) groups excluding carboxylic acids is 1. The van der Waals surface area contributed by atoms with Crippen LogP contribution >= 0.6 is 0 Å². The highest BCUT2D eigenvalue weighted by Gasteiger charge is 2.77. The number of fused-ring (bicyclic) bond motifs is 2. The van der Waals surface area contributed by atoms with Crippen LogP contribution in [-0.4, -0.2) is 25.3 Å².